The van der Waals surface area contributed by atoms with E-state index in [0.29, 0.717) is 0 Å². The first-order chi connectivity index (χ1) is 9.16. The summed E-state index contributed by atoms with van der Waals surface area (Å²) in [5.41, 5.74) is 1.65. The van der Waals surface area contributed by atoms with Gasteiger partial charge in [-0.25, -0.2) is 0 Å². The Kier molecular flexibility index (Phi) is 2.25. The summed E-state index contributed by atoms with van der Waals surface area (Å²) in [7, 11) is 0. The standard InChI is InChI=1S/C16H12Cl2O/c17-16(18)14-10-11-6-4-5-9-13(11)19-15(14,16)12-7-2-1-3-8-12/h1-9,14H,10H2/t14-,15+/m1/s1. The van der Waals surface area contributed by atoms with Crippen LogP contribution in [0.4, 0.5) is 0 Å². The molecule has 3 heteroatoms. The highest BCUT2D eigenvalue weighted by Gasteiger charge is 2.80. The minimum absolute atomic E-state index is 0.112. The van der Waals surface area contributed by atoms with Gasteiger partial charge in [-0.15, -0.1) is 0 Å². The van der Waals surface area contributed by atoms with Gasteiger partial charge in [0, 0.05) is 5.92 Å². The van der Waals surface area contributed by atoms with Gasteiger partial charge in [0.2, 0.25) is 0 Å². The van der Waals surface area contributed by atoms with Crippen molar-refractivity contribution < 1.29 is 4.74 Å². The van der Waals surface area contributed by atoms with Gasteiger partial charge in [0.1, 0.15) is 5.75 Å². The number of rotatable bonds is 1. The van der Waals surface area contributed by atoms with E-state index in [-0.39, 0.29) is 5.92 Å². The molecule has 2 aromatic carbocycles. The molecule has 0 saturated heterocycles. The van der Waals surface area contributed by atoms with Crippen LogP contribution in [0, 0.1) is 5.92 Å². The monoisotopic (exact) mass is 290 g/mol. The average Bonchev–Trinajstić information content (AvgIpc) is 2.94. The molecule has 0 unspecified atom stereocenters. The quantitative estimate of drug-likeness (QED) is 0.711. The fourth-order valence-corrected chi connectivity index (χ4v) is 4.07. The molecule has 0 aromatic heterocycles. The van der Waals surface area contributed by atoms with Crippen LogP contribution in [0.25, 0.3) is 0 Å². The molecule has 1 aliphatic heterocycles. The first-order valence-corrected chi connectivity index (χ1v) is 7.12. The summed E-state index contributed by atoms with van der Waals surface area (Å²) >= 11 is 13.1. The number of benzene rings is 2. The van der Waals surface area contributed by atoms with E-state index in [2.05, 4.69) is 6.07 Å². The van der Waals surface area contributed by atoms with Crippen molar-refractivity contribution in [1.29, 1.82) is 0 Å². The van der Waals surface area contributed by atoms with Crippen molar-refractivity contribution in [2.45, 2.75) is 16.4 Å². The van der Waals surface area contributed by atoms with Crippen molar-refractivity contribution >= 4 is 23.2 Å². The maximum Gasteiger partial charge on any atom is 0.173 e. The van der Waals surface area contributed by atoms with Crippen LogP contribution >= 0.6 is 23.2 Å². The summed E-state index contributed by atoms with van der Waals surface area (Å²) in [4.78, 5) is 0. The summed E-state index contributed by atoms with van der Waals surface area (Å²) in [6, 6.07) is 18.1. The Balaban J connectivity index is 1.85. The van der Waals surface area contributed by atoms with Crippen LogP contribution in [0.3, 0.4) is 0 Å². The van der Waals surface area contributed by atoms with Gasteiger partial charge in [-0.3, -0.25) is 0 Å². The molecule has 1 nitrogen and oxygen atoms in total. The lowest BCUT2D eigenvalue weighted by Crippen LogP contribution is -2.26. The van der Waals surface area contributed by atoms with Gasteiger partial charge in [0.15, 0.2) is 9.93 Å². The molecule has 1 fully saturated rings. The summed E-state index contributed by atoms with van der Waals surface area (Å²) in [5, 5.41) is 0. The Hall–Kier alpha value is -1.18. The van der Waals surface area contributed by atoms with E-state index in [1.54, 1.807) is 0 Å². The van der Waals surface area contributed by atoms with Gasteiger partial charge < -0.3 is 4.74 Å². The number of halogens is 2. The predicted octanol–water partition coefficient (Wildman–Crippen LogP) is 4.32. The molecule has 0 amide bonds. The Morgan fingerprint density at radius 3 is 2.42 bits per heavy atom. The van der Waals surface area contributed by atoms with Crippen molar-refractivity contribution in [2.75, 3.05) is 0 Å². The molecule has 1 heterocycles. The zero-order valence-corrected chi connectivity index (χ0v) is 11.7. The van der Waals surface area contributed by atoms with Crippen LogP contribution in [-0.4, -0.2) is 4.33 Å². The lowest BCUT2D eigenvalue weighted by molar-refractivity contribution is 0.144. The Morgan fingerprint density at radius 2 is 1.63 bits per heavy atom. The molecule has 2 aromatic rings. The molecule has 1 aliphatic carbocycles. The molecule has 96 valence electrons. The second kappa shape index (κ2) is 3.68. The SMILES string of the molecule is ClC1(Cl)[C@@H]2Cc3ccccc3O[C@@]21c1ccccc1. The van der Waals surface area contributed by atoms with Crippen molar-refractivity contribution in [3.63, 3.8) is 0 Å². The third kappa shape index (κ3) is 1.38. The lowest BCUT2D eigenvalue weighted by atomic mass is 9.97. The number of hydrogen-bond donors (Lipinski definition) is 0. The van der Waals surface area contributed by atoms with Crippen LogP contribution in [0.15, 0.2) is 54.6 Å². The van der Waals surface area contributed by atoms with Crippen LogP contribution in [-0.2, 0) is 12.0 Å². The fourth-order valence-electron chi connectivity index (χ4n) is 3.16. The highest BCUT2D eigenvalue weighted by molar-refractivity contribution is 6.52. The number of fused-ring (bicyclic) bond motifs is 2. The normalized spacial score (nSPS) is 29.9. The number of para-hydroxylation sites is 1. The molecule has 0 radical (unpaired) electrons. The average molecular weight is 291 g/mol. The maximum atomic E-state index is 6.54. The van der Waals surface area contributed by atoms with Crippen LogP contribution < -0.4 is 4.74 Å². The number of alkyl halides is 2. The molecule has 2 aliphatic rings. The molecular formula is C16H12Cl2O. The van der Waals surface area contributed by atoms with E-state index < -0.39 is 9.93 Å². The molecule has 19 heavy (non-hydrogen) atoms. The number of ether oxygens (including phenoxy) is 1. The van der Waals surface area contributed by atoms with Crippen LogP contribution in [0.5, 0.6) is 5.75 Å². The largest absolute Gasteiger partial charge is 0.479 e. The van der Waals surface area contributed by atoms with Crippen molar-refractivity contribution in [2.24, 2.45) is 5.92 Å². The fraction of sp³-hybridized carbons (Fsp3) is 0.250. The molecular weight excluding hydrogens is 279 g/mol. The zero-order chi connectivity index (χ0) is 13.1. The lowest BCUT2D eigenvalue weighted by Gasteiger charge is -2.26. The van der Waals surface area contributed by atoms with E-state index >= 15 is 0 Å². The Bertz CT molecular complexity index is 638. The summed E-state index contributed by atoms with van der Waals surface area (Å²) in [6.07, 6.45) is 0.859. The van der Waals surface area contributed by atoms with E-state index in [4.69, 9.17) is 27.9 Å². The molecule has 0 N–H and O–H groups in total. The Labute approximate surface area is 122 Å². The first-order valence-electron chi connectivity index (χ1n) is 6.36. The van der Waals surface area contributed by atoms with Gasteiger partial charge in [-0.1, -0.05) is 71.7 Å². The molecule has 0 spiro atoms. The minimum atomic E-state index is -0.854. The zero-order valence-electron chi connectivity index (χ0n) is 10.1. The maximum absolute atomic E-state index is 6.54. The summed E-state index contributed by atoms with van der Waals surface area (Å²) < 4.78 is 5.38. The molecule has 1 saturated carbocycles. The number of hydrogen-bond acceptors (Lipinski definition) is 1. The minimum Gasteiger partial charge on any atom is -0.479 e. The van der Waals surface area contributed by atoms with Gasteiger partial charge >= 0.3 is 0 Å². The highest BCUT2D eigenvalue weighted by atomic mass is 35.5. The second-order valence-electron chi connectivity index (χ2n) is 5.19. The third-order valence-corrected chi connectivity index (χ3v) is 5.30. The van der Waals surface area contributed by atoms with E-state index in [1.807, 2.05) is 48.5 Å². The van der Waals surface area contributed by atoms with E-state index in [9.17, 15) is 0 Å². The van der Waals surface area contributed by atoms with Gasteiger partial charge in [0.05, 0.1) is 0 Å². The van der Waals surface area contributed by atoms with Gasteiger partial charge in [-0.2, -0.15) is 0 Å². The van der Waals surface area contributed by atoms with Crippen molar-refractivity contribution in [3.8, 4) is 5.75 Å². The van der Waals surface area contributed by atoms with E-state index in [0.717, 1.165) is 17.7 Å². The first kappa shape index (κ1) is 11.6. The Morgan fingerprint density at radius 1 is 0.947 bits per heavy atom. The van der Waals surface area contributed by atoms with Gasteiger partial charge in [-0.05, 0) is 23.6 Å². The van der Waals surface area contributed by atoms with Crippen molar-refractivity contribution in [3.05, 3.63) is 65.7 Å². The second-order valence-corrected chi connectivity index (χ2v) is 6.58. The van der Waals surface area contributed by atoms with Gasteiger partial charge in [0.25, 0.3) is 0 Å². The summed E-state index contributed by atoms with van der Waals surface area (Å²) in [5.74, 6) is 1.01. The van der Waals surface area contributed by atoms with Crippen molar-refractivity contribution in [1.82, 2.24) is 0 Å². The van der Waals surface area contributed by atoms with E-state index in [1.165, 1.54) is 5.56 Å². The predicted molar refractivity (Wildman–Crippen MR) is 76.8 cm³/mol. The highest BCUT2D eigenvalue weighted by Crippen LogP contribution is 2.72. The van der Waals surface area contributed by atoms with Crippen LogP contribution in [0.1, 0.15) is 11.1 Å². The summed E-state index contributed by atoms with van der Waals surface area (Å²) in [6.45, 7) is 0. The third-order valence-electron chi connectivity index (χ3n) is 4.21. The molecule has 4 rings (SSSR count). The van der Waals surface area contributed by atoms with Crippen LogP contribution in [0.2, 0.25) is 0 Å². The molecule has 0 bridgehead atoms. The molecule has 2 atom stereocenters. The smallest absolute Gasteiger partial charge is 0.173 e. The topological polar surface area (TPSA) is 9.23 Å².